The number of ether oxygens (including phenoxy) is 2. The van der Waals surface area contributed by atoms with Crippen LogP contribution in [-0.2, 0) is 18.4 Å². The minimum atomic E-state index is -0.537. The third-order valence-corrected chi connectivity index (χ3v) is 4.31. The van der Waals surface area contributed by atoms with Crippen molar-refractivity contribution in [2.45, 2.75) is 6.61 Å². The first-order valence-corrected chi connectivity index (χ1v) is 8.73. The van der Waals surface area contributed by atoms with Crippen molar-refractivity contribution in [2.24, 2.45) is 7.05 Å². The van der Waals surface area contributed by atoms with Crippen molar-refractivity contribution in [1.29, 1.82) is 0 Å². The van der Waals surface area contributed by atoms with Crippen molar-refractivity contribution in [3.05, 3.63) is 74.6 Å². The summed E-state index contributed by atoms with van der Waals surface area (Å²) in [5.41, 5.74) is 0.600. The number of aryl methyl sites for hydroxylation is 1. The van der Waals surface area contributed by atoms with Crippen LogP contribution in [0, 0.1) is 10.1 Å². The lowest BCUT2D eigenvalue weighted by molar-refractivity contribution is -0.384. The van der Waals surface area contributed by atoms with Crippen molar-refractivity contribution >= 4 is 22.5 Å². The second kappa shape index (κ2) is 8.42. The molecule has 0 aliphatic rings. The quantitative estimate of drug-likeness (QED) is 0.483. The van der Waals surface area contributed by atoms with E-state index in [2.05, 4.69) is 5.32 Å². The number of benzene rings is 2. The molecule has 1 heterocycles. The highest BCUT2D eigenvalue weighted by atomic mass is 16.6. The molecule has 0 bridgehead atoms. The summed E-state index contributed by atoms with van der Waals surface area (Å²) in [6.07, 6.45) is 0. The van der Waals surface area contributed by atoms with Gasteiger partial charge < -0.3 is 19.4 Å². The van der Waals surface area contributed by atoms with Gasteiger partial charge in [-0.2, -0.15) is 0 Å². The fraction of sp³-hybridized carbons (Fsp3) is 0.200. The molecule has 0 unspecified atom stereocenters. The zero-order valence-electron chi connectivity index (χ0n) is 15.9. The first kappa shape index (κ1) is 19.9. The van der Waals surface area contributed by atoms with Crippen LogP contribution in [0.15, 0.2) is 53.3 Å². The monoisotopic (exact) mass is 397 g/mol. The van der Waals surface area contributed by atoms with E-state index in [9.17, 15) is 19.7 Å². The summed E-state index contributed by atoms with van der Waals surface area (Å²) < 4.78 is 12.4. The third-order valence-electron chi connectivity index (χ3n) is 4.31. The van der Waals surface area contributed by atoms with Crippen LogP contribution in [0.3, 0.4) is 0 Å². The van der Waals surface area contributed by atoms with Crippen molar-refractivity contribution in [3.8, 4) is 11.5 Å². The Kier molecular flexibility index (Phi) is 5.77. The van der Waals surface area contributed by atoms with Crippen LogP contribution < -0.4 is 20.3 Å². The maximum Gasteiger partial charge on any atom is 0.293 e. The van der Waals surface area contributed by atoms with Gasteiger partial charge in [0.1, 0.15) is 6.61 Å². The molecule has 9 heteroatoms. The number of carbonyl (C=O) groups is 1. The van der Waals surface area contributed by atoms with Gasteiger partial charge in [-0.3, -0.25) is 19.7 Å². The number of nitro benzene ring substituents is 1. The van der Waals surface area contributed by atoms with Crippen molar-refractivity contribution < 1.29 is 19.2 Å². The number of nitro groups is 1. The van der Waals surface area contributed by atoms with E-state index in [1.807, 2.05) is 30.3 Å². The molecule has 29 heavy (non-hydrogen) atoms. The van der Waals surface area contributed by atoms with Gasteiger partial charge in [-0.1, -0.05) is 30.3 Å². The summed E-state index contributed by atoms with van der Waals surface area (Å²) in [6, 6.07) is 13.3. The van der Waals surface area contributed by atoms with Gasteiger partial charge in [0.25, 0.3) is 17.2 Å². The Morgan fingerprint density at radius 1 is 1.14 bits per heavy atom. The number of non-ortho nitro benzene ring substituents is 1. The lowest BCUT2D eigenvalue weighted by Crippen LogP contribution is -2.27. The number of likely N-dealkylation sites (N-methyl/N-ethyl adjacent to an activating group) is 1. The van der Waals surface area contributed by atoms with Crippen molar-refractivity contribution in [3.63, 3.8) is 0 Å². The number of hydrogen-bond donors (Lipinski definition) is 1. The second-order valence-corrected chi connectivity index (χ2v) is 6.25. The number of pyridine rings is 1. The first-order valence-electron chi connectivity index (χ1n) is 8.73. The summed E-state index contributed by atoms with van der Waals surface area (Å²) in [7, 11) is 2.96. The predicted octanol–water partition coefficient (Wildman–Crippen LogP) is 2.15. The molecule has 0 fully saturated rings. The Hall–Kier alpha value is -3.88. The van der Waals surface area contributed by atoms with E-state index >= 15 is 0 Å². The molecule has 1 N–H and O–H groups in total. The standard InChI is InChI=1S/C20H19N3O6/c1-21-18(24)12-29-17-9-14-8-15(23(26)27)10-16(19(14)22(2)20(17)25)28-11-13-6-4-3-5-7-13/h3-10H,11-12H2,1-2H3,(H,21,24). The fourth-order valence-electron chi connectivity index (χ4n) is 2.82. The Balaban J connectivity index is 2.07. The molecule has 3 aromatic rings. The largest absolute Gasteiger partial charge is 0.486 e. The number of rotatable bonds is 7. The maximum atomic E-state index is 12.6. The molecule has 2 aromatic carbocycles. The average Bonchev–Trinajstić information content (AvgIpc) is 2.73. The van der Waals surface area contributed by atoms with E-state index in [0.717, 1.165) is 5.56 Å². The van der Waals surface area contributed by atoms with Crippen molar-refractivity contribution in [2.75, 3.05) is 13.7 Å². The van der Waals surface area contributed by atoms with Crippen LogP contribution in [0.5, 0.6) is 11.5 Å². The molecule has 1 amide bonds. The molecule has 0 spiro atoms. The number of hydrogen-bond acceptors (Lipinski definition) is 6. The molecule has 0 saturated carbocycles. The number of amides is 1. The van der Waals surface area contributed by atoms with E-state index in [1.54, 1.807) is 0 Å². The fourth-order valence-corrected chi connectivity index (χ4v) is 2.82. The predicted molar refractivity (Wildman–Crippen MR) is 106 cm³/mol. The Labute approximate surface area is 165 Å². The third kappa shape index (κ3) is 4.34. The first-order chi connectivity index (χ1) is 13.9. The van der Waals surface area contributed by atoms with E-state index in [4.69, 9.17) is 9.47 Å². The number of aromatic nitrogens is 1. The second-order valence-electron chi connectivity index (χ2n) is 6.25. The lowest BCUT2D eigenvalue weighted by Gasteiger charge is -2.14. The minimum Gasteiger partial charge on any atom is -0.486 e. The van der Waals surface area contributed by atoms with E-state index < -0.39 is 16.4 Å². The molecule has 0 saturated heterocycles. The average molecular weight is 397 g/mol. The SMILES string of the molecule is CNC(=O)COc1cc2cc([N+](=O)[O-])cc(OCc3ccccc3)c2n(C)c1=O. The topological polar surface area (TPSA) is 113 Å². The van der Waals surface area contributed by atoms with Crippen molar-refractivity contribution in [1.82, 2.24) is 9.88 Å². The van der Waals surface area contributed by atoms with Crippen LogP contribution in [0.4, 0.5) is 5.69 Å². The Morgan fingerprint density at radius 3 is 2.52 bits per heavy atom. The summed E-state index contributed by atoms with van der Waals surface area (Å²) in [4.78, 5) is 34.9. The van der Waals surface area contributed by atoms with Gasteiger partial charge in [0.15, 0.2) is 18.1 Å². The molecule has 150 valence electrons. The zero-order chi connectivity index (χ0) is 21.0. The van der Waals surface area contributed by atoms with Gasteiger partial charge in [-0.15, -0.1) is 0 Å². The lowest BCUT2D eigenvalue weighted by atomic mass is 10.1. The van der Waals surface area contributed by atoms with E-state index in [0.29, 0.717) is 10.9 Å². The normalized spacial score (nSPS) is 10.6. The minimum absolute atomic E-state index is 0.0851. The van der Waals surface area contributed by atoms with E-state index in [1.165, 1.54) is 36.9 Å². The highest BCUT2D eigenvalue weighted by Crippen LogP contribution is 2.32. The smallest absolute Gasteiger partial charge is 0.293 e. The Bertz CT molecular complexity index is 1120. The molecule has 9 nitrogen and oxygen atoms in total. The van der Waals surface area contributed by atoms with Gasteiger partial charge in [0.2, 0.25) is 0 Å². The summed E-state index contributed by atoms with van der Waals surface area (Å²) in [5.74, 6) is -0.285. The maximum absolute atomic E-state index is 12.6. The van der Waals surface area contributed by atoms with E-state index in [-0.39, 0.29) is 30.4 Å². The number of nitrogens with zero attached hydrogens (tertiary/aromatic N) is 2. The van der Waals surface area contributed by atoms with Gasteiger partial charge in [0, 0.05) is 25.5 Å². The van der Waals surface area contributed by atoms with Gasteiger partial charge >= 0.3 is 0 Å². The van der Waals surface area contributed by atoms with Crippen LogP contribution in [-0.4, -0.2) is 29.1 Å². The number of fused-ring (bicyclic) bond motifs is 1. The molecule has 3 rings (SSSR count). The summed E-state index contributed by atoms with van der Waals surface area (Å²) in [6.45, 7) is -0.163. The molecule has 0 aliphatic heterocycles. The number of carbonyl (C=O) groups excluding carboxylic acids is 1. The van der Waals surface area contributed by atoms with Crippen LogP contribution in [0.25, 0.3) is 10.9 Å². The molecule has 0 aliphatic carbocycles. The zero-order valence-corrected chi connectivity index (χ0v) is 15.9. The molecular weight excluding hydrogens is 378 g/mol. The number of nitrogens with one attached hydrogen (secondary N) is 1. The molecular formula is C20H19N3O6. The van der Waals surface area contributed by atoms with Gasteiger partial charge in [0.05, 0.1) is 16.5 Å². The Morgan fingerprint density at radius 2 is 1.86 bits per heavy atom. The molecule has 0 atom stereocenters. The highest BCUT2D eigenvalue weighted by molar-refractivity contribution is 5.88. The van der Waals surface area contributed by atoms with Crippen LogP contribution in [0.2, 0.25) is 0 Å². The van der Waals surface area contributed by atoms with Gasteiger partial charge in [-0.05, 0) is 11.6 Å². The summed E-state index contributed by atoms with van der Waals surface area (Å²) in [5, 5.41) is 14.1. The highest BCUT2D eigenvalue weighted by Gasteiger charge is 2.18. The molecule has 0 radical (unpaired) electrons. The molecule has 1 aromatic heterocycles. The van der Waals surface area contributed by atoms with Gasteiger partial charge in [-0.25, -0.2) is 0 Å². The summed E-state index contributed by atoms with van der Waals surface area (Å²) >= 11 is 0. The van der Waals surface area contributed by atoms with Crippen LogP contribution in [0.1, 0.15) is 5.56 Å². The van der Waals surface area contributed by atoms with Crippen LogP contribution >= 0.6 is 0 Å².